The Morgan fingerprint density at radius 2 is 1.74 bits per heavy atom. The molecule has 0 saturated heterocycles. The normalized spacial score (nSPS) is 13.3. The summed E-state index contributed by atoms with van der Waals surface area (Å²) in [4.78, 5) is 33.2. The third-order valence-corrected chi connectivity index (χ3v) is 2.65. The van der Waals surface area contributed by atoms with Gasteiger partial charge in [-0.3, -0.25) is 9.59 Å². The summed E-state index contributed by atoms with van der Waals surface area (Å²) in [6.45, 7) is 1.19. The van der Waals surface area contributed by atoms with Gasteiger partial charge in [-0.15, -0.1) is 0 Å². The maximum Gasteiger partial charge on any atom is 0.326 e. The molecule has 0 aliphatic rings. The molecule has 1 aromatic rings. The van der Waals surface area contributed by atoms with Crippen molar-refractivity contribution in [3.63, 3.8) is 0 Å². The second-order valence-corrected chi connectivity index (χ2v) is 4.13. The molecule has 0 fully saturated rings. The molecule has 6 nitrogen and oxygen atoms in total. The van der Waals surface area contributed by atoms with Crippen LogP contribution in [0.1, 0.15) is 24.8 Å². The van der Waals surface area contributed by atoms with Crippen molar-refractivity contribution in [2.45, 2.75) is 25.3 Å². The lowest BCUT2D eigenvalue weighted by Crippen LogP contribution is -2.44. The molecule has 0 aliphatic heterocycles. The molecule has 0 spiro atoms. The van der Waals surface area contributed by atoms with Crippen molar-refractivity contribution in [3.05, 3.63) is 35.9 Å². The molecule has 2 atom stereocenters. The molecule has 1 amide bonds. The lowest BCUT2D eigenvalue weighted by atomic mass is 9.88. The number of aliphatic carboxylic acids is 2. The van der Waals surface area contributed by atoms with Crippen molar-refractivity contribution in [2.75, 3.05) is 0 Å². The number of rotatable bonds is 6. The van der Waals surface area contributed by atoms with Crippen LogP contribution in [0.3, 0.4) is 0 Å². The molecular formula is C13H15NO5. The molecule has 6 heteroatoms. The van der Waals surface area contributed by atoms with Crippen molar-refractivity contribution < 1.29 is 24.6 Å². The van der Waals surface area contributed by atoms with Crippen LogP contribution < -0.4 is 5.32 Å². The molecule has 3 N–H and O–H groups in total. The summed E-state index contributed by atoms with van der Waals surface area (Å²) in [6, 6.07) is 7.15. The van der Waals surface area contributed by atoms with E-state index in [2.05, 4.69) is 5.32 Å². The maximum atomic E-state index is 11.2. The zero-order valence-corrected chi connectivity index (χ0v) is 10.4. The Labute approximate surface area is 110 Å². The predicted octanol–water partition coefficient (Wildman–Crippen LogP) is 0.834. The van der Waals surface area contributed by atoms with Crippen molar-refractivity contribution in [1.82, 2.24) is 5.32 Å². The Balaban J connectivity index is 3.09. The van der Waals surface area contributed by atoms with Gasteiger partial charge in [0.15, 0.2) is 0 Å². The Morgan fingerprint density at radius 1 is 1.16 bits per heavy atom. The van der Waals surface area contributed by atoms with E-state index in [0.29, 0.717) is 5.56 Å². The minimum absolute atomic E-state index is 0.374. The summed E-state index contributed by atoms with van der Waals surface area (Å²) in [5.74, 6) is -3.71. The minimum Gasteiger partial charge on any atom is -0.481 e. The highest BCUT2D eigenvalue weighted by atomic mass is 16.4. The Morgan fingerprint density at radius 3 is 2.16 bits per heavy atom. The van der Waals surface area contributed by atoms with Gasteiger partial charge in [-0.25, -0.2) is 4.79 Å². The van der Waals surface area contributed by atoms with E-state index in [9.17, 15) is 14.4 Å². The van der Waals surface area contributed by atoms with Crippen LogP contribution in [0.4, 0.5) is 0 Å². The highest BCUT2D eigenvalue weighted by Crippen LogP contribution is 2.24. The molecule has 1 unspecified atom stereocenters. The zero-order chi connectivity index (χ0) is 14.4. The van der Waals surface area contributed by atoms with Crippen LogP contribution in [0.2, 0.25) is 0 Å². The number of carboxylic acid groups (broad SMARTS) is 2. The average Bonchev–Trinajstić information content (AvgIpc) is 2.33. The van der Waals surface area contributed by atoms with E-state index in [-0.39, 0.29) is 6.42 Å². The number of hydrogen-bond donors (Lipinski definition) is 3. The SMILES string of the molecule is CC(=O)N[C@H](C(=O)O)C(CC(=O)O)c1ccccc1. The number of hydrogen-bond acceptors (Lipinski definition) is 3. The second kappa shape index (κ2) is 6.53. The highest BCUT2D eigenvalue weighted by Gasteiger charge is 2.31. The third kappa shape index (κ3) is 4.42. The van der Waals surface area contributed by atoms with E-state index < -0.39 is 29.8 Å². The van der Waals surface area contributed by atoms with Gasteiger partial charge < -0.3 is 15.5 Å². The molecular weight excluding hydrogens is 250 g/mol. The summed E-state index contributed by atoms with van der Waals surface area (Å²) in [5, 5.41) is 20.3. The first-order chi connectivity index (χ1) is 8.91. The predicted molar refractivity (Wildman–Crippen MR) is 66.7 cm³/mol. The summed E-state index contributed by atoms with van der Waals surface area (Å²) < 4.78 is 0. The van der Waals surface area contributed by atoms with Crippen molar-refractivity contribution >= 4 is 17.8 Å². The van der Waals surface area contributed by atoms with Gasteiger partial charge in [0.1, 0.15) is 6.04 Å². The van der Waals surface area contributed by atoms with Crippen LogP contribution in [0.25, 0.3) is 0 Å². The summed E-state index contributed by atoms with van der Waals surface area (Å²) in [5.41, 5.74) is 0.561. The van der Waals surface area contributed by atoms with Gasteiger partial charge in [-0.05, 0) is 5.56 Å². The highest BCUT2D eigenvalue weighted by molar-refractivity contribution is 5.84. The van der Waals surface area contributed by atoms with E-state index in [0.717, 1.165) is 0 Å². The maximum absolute atomic E-state index is 11.2. The van der Waals surface area contributed by atoms with E-state index in [1.807, 2.05) is 0 Å². The van der Waals surface area contributed by atoms with Crippen molar-refractivity contribution in [1.29, 1.82) is 0 Å². The fourth-order valence-corrected chi connectivity index (χ4v) is 1.87. The number of carboxylic acids is 2. The Hall–Kier alpha value is -2.37. The van der Waals surface area contributed by atoms with Crippen LogP contribution in [-0.4, -0.2) is 34.1 Å². The number of benzene rings is 1. The topological polar surface area (TPSA) is 104 Å². The smallest absolute Gasteiger partial charge is 0.326 e. The largest absolute Gasteiger partial charge is 0.481 e. The number of carbonyl (C=O) groups is 3. The van der Waals surface area contributed by atoms with Crippen LogP contribution in [-0.2, 0) is 14.4 Å². The van der Waals surface area contributed by atoms with Gasteiger partial charge in [0, 0.05) is 12.8 Å². The van der Waals surface area contributed by atoms with Gasteiger partial charge in [0.25, 0.3) is 0 Å². The average molecular weight is 265 g/mol. The molecule has 0 heterocycles. The molecule has 102 valence electrons. The standard InChI is InChI=1S/C13H15NO5/c1-8(15)14-12(13(18)19)10(7-11(16)17)9-5-3-2-4-6-9/h2-6,10,12H,7H2,1H3,(H,14,15)(H,16,17)(H,18,19)/t10?,12-/m0/s1. The summed E-state index contributed by atoms with van der Waals surface area (Å²) in [7, 11) is 0. The van der Waals surface area contributed by atoms with Gasteiger partial charge >= 0.3 is 11.9 Å². The molecule has 0 saturated carbocycles. The number of amides is 1. The monoisotopic (exact) mass is 265 g/mol. The van der Waals surface area contributed by atoms with E-state index >= 15 is 0 Å². The molecule has 1 aromatic carbocycles. The first kappa shape index (κ1) is 14.7. The Bertz CT molecular complexity index is 471. The van der Waals surface area contributed by atoms with Crippen molar-refractivity contribution in [2.24, 2.45) is 0 Å². The fraction of sp³-hybridized carbons (Fsp3) is 0.308. The van der Waals surface area contributed by atoms with Gasteiger partial charge in [0.05, 0.1) is 6.42 Å². The number of carbonyl (C=O) groups excluding carboxylic acids is 1. The first-order valence-corrected chi connectivity index (χ1v) is 5.68. The van der Waals surface area contributed by atoms with Crippen LogP contribution >= 0.6 is 0 Å². The van der Waals surface area contributed by atoms with Gasteiger partial charge in [-0.1, -0.05) is 30.3 Å². The van der Waals surface area contributed by atoms with Gasteiger partial charge in [0.2, 0.25) is 5.91 Å². The summed E-state index contributed by atoms with van der Waals surface area (Å²) in [6.07, 6.45) is -0.374. The Kier molecular flexibility index (Phi) is 5.05. The number of nitrogens with one attached hydrogen (secondary N) is 1. The molecule has 0 bridgehead atoms. The van der Waals surface area contributed by atoms with Crippen LogP contribution in [0.5, 0.6) is 0 Å². The zero-order valence-electron chi connectivity index (χ0n) is 10.4. The first-order valence-electron chi connectivity index (χ1n) is 5.68. The van der Waals surface area contributed by atoms with Crippen molar-refractivity contribution in [3.8, 4) is 0 Å². The van der Waals surface area contributed by atoms with Crippen LogP contribution in [0.15, 0.2) is 30.3 Å². The molecule has 19 heavy (non-hydrogen) atoms. The van der Waals surface area contributed by atoms with Crippen LogP contribution in [0, 0.1) is 0 Å². The molecule has 0 aromatic heterocycles. The van der Waals surface area contributed by atoms with E-state index in [4.69, 9.17) is 10.2 Å². The molecule has 0 aliphatic carbocycles. The minimum atomic E-state index is -1.27. The molecule has 1 rings (SSSR count). The fourth-order valence-electron chi connectivity index (χ4n) is 1.87. The quantitative estimate of drug-likeness (QED) is 0.707. The summed E-state index contributed by atoms with van der Waals surface area (Å²) >= 11 is 0. The van der Waals surface area contributed by atoms with E-state index in [1.54, 1.807) is 30.3 Å². The lowest BCUT2D eigenvalue weighted by molar-refractivity contribution is -0.143. The second-order valence-electron chi connectivity index (χ2n) is 4.13. The lowest BCUT2D eigenvalue weighted by Gasteiger charge is -2.23. The van der Waals surface area contributed by atoms with Gasteiger partial charge in [-0.2, -0.15) is 0 Å². The third-order valence-electron chi connectivity index (χ3n) is 2.65. The van der Waals surface area contributed by atoms with E-state index in [1.165, 1.54) is 6.92 Å². The molecule has 0 radical (unpaired) electrons.